The summed E-state index contributed by atoms with van der Waals surface area (Å²) in [5.41, 5.74) is 0.732. The van der Waals surface area contributed by atoms with Crippen LogP contribution in [0.15, 0.2) is 30.3 Å². The molecule has 0 aliphatic rings. The van der Waals surface area contributed by atoms with Crippen LogP contribution >= 0.6 is 0 Å². The van der Waals surface area contributed by atoms with Crippen LogP contribution in [0, 0.1) is 5.92 Å². The molecule has 0 fully saturated rings. The fourth-order valence-electron chi connectivity index (χ4n) is 2.16. The van der Waals surface area contributed by atoms with E-state index < -0.39 is 23.8 Å². The van der Waals surface area contributed by atoms with Crippen LogP contribution in [-0.2, 0) is 23.9 Å². The standard InChI is InChI=1S/C16H20O5/c1-3-20-15(18)14(16(19)21-4-2)13(10-11-17)12-8-6-5-7-9-12/h5-9,11,13-14H,3-4,10H2,1-2H3. The molecule has 1 rings (SSSR count). The third kappa shape index (κ3) is 4.70. The summed E-state index contributed by atoms with van der Waals surface area (Å²) in [6.07, 6.45) is 0.745. The van der Waals surface area contributed by atoms with Crippen LogP contribution in [0.1, 0.15) is 31.7 Å². The fourth-order valence-corrected chi connectivity index (χ4v) is 2.16. The number of carbonyl (C=O) groups is 3. The molecule has 0 N–H and O–H groups in total. The highest BCUT2D eigenvalue weighted by Crippen LogP contribution is 2.29. The van der Waals surface area contributed by atoms with E-state index in [9.17, 15) is 14.4 Å². The highest BCUT2D eigenvalue weighted by molar-refractivity contribution is 5.96. The van der Waals surface area contributed by atoms with Crippen molar-refractivity contribution < 1.29 is 23.9 Å². The second kappa shape index (κ2) is 8.89. The van der Waals surface area contributed by atoms with Gasteiger partial charge in [-0.05, 0) is 19.4 Å². The highest BCUT2D eigenvalue weighted by atomic mass is 16.6. The van der Waals surface area contributed by atoms with Gasteiger partial charge in [-0.1, -0.05) is 30.3 Å². The molecule has 1 aromatic carbocycles. The Morgan fingerprint density at radius 2 is 1.57 bits per heavy atom. The van der Waals surface area contributed by atoms with E-state index in [1.54, 1.807) is 38.1 Å². The molecule has 0 radical (unpaired) electrons. The van der Waals surface area contributed by atoms with Gasteiger partial charge in [-0.3, -0.25) is 9.59 Å². The van der Waals surface area contributed by atoms with Gasteiger partial charge in [0.15, 0.2) is 5.92 Å². The van der Waals surface area contributed by atoms with Gasteiger partial charge >= 0.3 is 11.9 Å². The molecule has 1 unspecified atom stereocenters. The van der Waals surface area contributed by atoms with Gasteiger partial charge in [-0.2, -0.15) is 0 Å². The normalized spacial score (nSPS) is 11.8. The number of esters is 2. The molecule has 0 aromatic heterocycles. The Morgan fingerprint density at radius 1 is 1.05 bits per heavy atom. The van der Waals surface area contributed by atoms with Gasteiger partial charge in [-0.15, -0.1) is 0 Å². The minimum absolute atomic E-state index is 0.0479. The first-order valence-corrected chi connectivity index (χ1v) is 6.97. The number of aldehydes is 1. The first-order valence-electron chi connectivity index (χ1n) is 6.97. The van der Waals surface area contributed by atoms with Crippen LogP contribution in [0.5, 0.6) is 0 Å². The lowest BCUT2D eigenvalue weighted by atomic mass is 9.84. The molecule has 1 atom stereocenters. The molecule has 0 aliphatic heterocycles. The first kappa shape index (κ1) is 16.9. The predicted octanol–water partition coefficient (Wildman–Crippen LogP) is 2.10. The molecule has 0 saturated carbocycles. The van der Waals surface area contributed by atoms with Crippen LogP contribution in [0.25, 0.3) is 0 Å². The van der Waals surface area contributed by atoms with Crippen LogP contribution in [-0.4, -0.2) is 31.4 Å². The number of rotatable bonds is 8. The van der Waals surface area contributed by atoms with Crippen LogP contribution in [0.3, 0.4) is 0 Å². The molecule has 0 spiro atoms. The van der Waals surface area contributed by atoms with Crippen molar-refractivity contribution >= 4 is 18.2 Å². The lowest BCUT2D eigenvalue weighted by Gasteiger charge is -2.23. The Bertz CT molecular complexity index is 451. The van der Waals surface area contributed by atoms with Crippen LogP contribution in [0.4, 0.5) is 0 Å². The van der Waals surface area contributed by atoms with Gasteiger partial charge in [0.25, 0.3) is 0 Å². The van der Waals surface area contributed by atoms with E-state index in [0.29, 0.717) is 6.29 Å². The molecule has 5 heteroatoms. The fraction of sp³-hybridized carbons (Fsp3) is 0.438. The minimum atomic E-state index is -1.13. The SMILES string of the molecule is CCOC(=O)C(C(=O)OCC)C(CC=O)c1ccccc1. The van der Waals surface area contributed by atoms with E-state index in [1.807, 2.05) is 6.07 Å². The summed E-state index contributed by atoms with van der Waals surface area (Å²) in [5, 5.41) is 0. The molecule has 1 aromatic rings. The van der Waals surface area contributed by atoms with Gasteiger partial charge in [0.05, 0.1) is 13.2 Å². The summed E-state index contributed by atoms with van der Waals surface area (Å²) in [5.74, 6) is -3.03. The summed E-state index contributed by atoms with van der Waals surface area (Å²) < 4.78 is 9.93. The molecule has 114 valence electrons. The van der Waals surface area contributed by atoms with E-state index >= 15 is 0 Å². The number of hydrogen-bond donors (Lipinski definition) is 0. The van der Waals surface area contributed by atoms with E-state index in [4.69, 9.17) is 9.47 Å². The molecule has 0 saturated heterocycles. The van der Waals surface area contributed by atoms with Crippen molar-refractivity contribution in [3.05, 3.63) is 35.9 Å². The van der Waals surface area contributed by atoms with Crippen molar-refractivity contribution in [3.8, 4) is 0 Å². The van der Waals surface area contributed by atoms with Crippen molar-refractivity contribution in [1.82, 2.24) is 0 Å². The number of hydrogen-bond acceptors (Lipinski definition) is 5. The van der Waals surface area contributed by atoms with E-state index in [0.717, 1.165) is 5.56 Å². The van der Waals surface area contributed by atoms with E-state index in [1.165, 1.54) is 0 Å². The van der Waals surface area contributed by atoms with Crippen molar-refractivity contribution in [3.63, 3.8) is 0 Å². The average Bonchev–Trinajstić information content (AvgIpc) is 2.48. The quantitative estimate of drug-likeness (QED) is 0.417. The van der Waals surface area contributed by atoms with Crippen molar-refractivity contribution in [2.24, 2.45) is 5.92 Å². The Hall–Kier alpha value is -2.17. The van der Waals surface area contributed by atoms with Gasteiger partial charge in [-0.25, -0.2) is 0 Å². The molecule has 21 heavy (non-hydrogen) atoms. The lowest BCUT2D eigenvalue weighted by molar-refractivity contribution is -0.162. The lowest BCUT2D eigenvalue weighted by Crippen LogP contribution is -2.33. The summed E-state index contributed by atoms with van der Waals surface area (Å²) in [6.45, 7) is 3.66. The largest absolute Gasteiger partial charge is 0.465 e. The zero-order valence-corrected chi connectivity index (χ0v) is 12.3. The number of ether oxygens (including phenoxy) is 2. The average molecular weight is 292 g/mol. The smallest absolute Gasteiger partial charge is 0.320 e. The monoisotopic (exact) mass is 292 g/mol. The van der Waals surface area contributed by atoms with Gasteiger partial charge in [0.2, 0.25) is 0 Å². The maximum atomic E-state index is 12.1. The minimum Gasteiger partial charge on any atom is -0.465 e. The first-order chi connectivity index (χ1) is 10.2. The highest BCUT2D eigenvalue weighted by Gasteiger charge is 2.38. The van der Waals surface area contributed by atoms with Gasteiger partial charge in [0.1, 0.15) is 6.29 Å². The molecule has 0 aliphatic carbocycles. The van der Waals surface area contributed by atoms with Crippen molar-refractivity contribution in [2.45, 2.75) is 26.2 Å². The van der Waals surface area contributed by atoms with Gasteiger partial charge in [0, 0.05) is 12.3 Å². The second-order valence-electron chi connectivity index (χ2n) is 4.40. The predicted molar refractivity (Wildman–Crippen MR) is 76.6 cm³/mol. The second-order valence-corrected chi connectivity index (χ2v) is 4.40. The zero-order valence-electron chi connectivity index (χ0n) is 12.3. The Balaban J connectivity index is 3.13. The van der Waals surface area contributed by atoms with E-state index in [2.05, 4.69) is 0 Å². The topological polar surface area (TPSA) is 69.7 Å². The Morgan fingerprint density at radius 3 is 2.00 bits per heavy atom. The third-order valence-electron chi connectivity index (χ3n) is 3.06. The number of benzene rings is 1. The molecule has 0 heterocycles. The van der Waals surface area contributed by atoms with Crippen LogP contribution < -0.4 is 0 Å². The molecule has 0 amide bonds. The molecular formula is C16H20O5. The molecular weight excluding hydrogens is 272 g/mol. The Kier molecular flexibility index (Phi) is 7.15. The van der Waals surface area contributed by atoms with Gasteiger partial charge < -0.3 is 14.3 Å². The summed E-state index contributed by atoms with van der Waals surface area (Å²) in [6, 6.07) is 8.96. The summed E-state index contributed by atoms with van der Waals surface area (Å²) in [4.78, 5) is 35.2. The third-order valence-corrected chi connectivity index (χ3v) is 3.06. The maximum Gasteiger partial charge on any atom is 0.320 e. The van der Waals surface area contributed by atoms with E-state index in [-0.39, 0.29) is 19.6 Å². The maximum absolute atomic E-state index is 12.1. The molecule has 5 nitrogen and oxygen atoms in total. The zero-order chi connectivity index (χ0) is 15.7. The number of carbonyl (C=O) groups excluding carboxylic acids is 3. The van der Waals surface area contributed by atoms with Crippen LogP contribution in [0.2, 0.25) is 0 Å². The molecule has 0 bridgehead atoms. The summed E-state index contributed by atoms with van der Waals surface area (Å²) >= 11 is 0. The van der Waals surface area contributed by atoms with Crippen molar-refractivity contribution in [1.29, 1.82) is 0 Å². The van der Waals surface area contributed by atoms with Crippen molar-refractivity contribution in [2.75, 3.05) is 13.2 Å². The Labute approximate surface area is 124 Å². The summed E-state index contributed by atoms with van der Waals surface area (Å²) in [7, 11) is 0.